The molecule has 0 saturated heterocycles. The lowest BCUT2D eigenvalue weighted by molar-refractivity contribution is -0.143. The zero-order valence-electron chi connectivity index (χ0n) is 13.0. The molecule has 116 valence electrons. The van der Waals surface area contributed by atoms with Crippen LogP contribution in [0.15, 0.2) is 30.3 Å². The van der Waals surface area contributed by atoms with Crippen molar-refractivity contribution in [2.75, 3.05) is 0 Å². The number of benzene rings is 1. The van der Waals surface area contributed by atoms with Crippen molar-refractivity contribution in [2.45, 2.75) is 52.3 Å². The highest BCUT2D eigenvalue weighted by atomic mass is 16.6. The highest BCUT2D eigenvalue weighted by molar-refractivity contribution is 5.80. The Morgan fingerprint density at radius 2 is 1.81 bits per heavy atom. The van der Waals surface area contributed by atoms with E-state index in [0.717, 1.165) is 5.56 Å². The fraction of sp³-hybridized carbons (Fsp3) is 0.500. The van der Waals surface area contributed by atoms with Crippen molar-refractivity contribution in [3.8, 4) is 0 Å². The predicted molar refractivity (Wildman–Crippen MR) is 79.9 cm³/mol. The molecule has 0 fully saturated rings. The van der Waals surface area contributed by atoms with E-state index < -0.39 is 23.7 Å². The summed E-state index contributed by atoms with van der Waals surface area (Å²) in [6.07, 6.45) is -0.290. The Bertz CT molecular complexity index is 479. The van der Waals surface area contributed by atoms with Crippen LogP contribution in [0.1, 0.15) is 39.7 Å². The second kappa shape index (κ2) is 7.11. The van der Waals surface area contributed by atoms with Gasteiger partial charge in [-0.05, 0) is 32.8 Å². The number of carboxylic acids is 1. The first-order valence-electron chi connectivity index (χ1n) is 7.01. The van der Waals surface area contributed by atoms with Gasteiger partial charge in [0.25, 0.3) is 0 Å². The van der Waals surface area contributed by atoms with Gasteiger partial charge >= 0.3 is 12.1 Å². The van der Waals surface area contributed by atoms with Crippen LogP contribution in [0.25, 0.3) is 0 Å². The maximum absolute atomic E-state index is 12.3. The number of nitrogens with zero attached hydrogens (tertiary/aromatic N) is 1. The highest BCUT2D eigenvalue weighted by Crippen LogP contribution is 2.17. The first-order chi connectivity index (χ1) is 9.74. The third-order valence-electron chi connectivity index (χ3n) is 2.87. The molecule has 0 heterocycles. The summed E-state index contributed by atoms with van der Waals surface area (Å²) in [5.74, 6) is -1.03. The second-order valence-electron chi connectivity index (χ2n) is 5.86. The molecule has 1 rings (SSSR count). The van der Waals surface area contributed by atoms with E-state index in [1.54, 1.807) is 27.7 Å². The van der Waals surface area contributed by atoms with Gasteiger partial charge in [-0.1, -0.05) is 37.3 Å². The summed E-state index contributed by atoms with van der Waals surface area (Å²) in [4.78, 5) is 25.0. The second-order valence-corrected chi connectivity index (χ2v) is 5.86. The molecular weight excluding hydrogens is 270 g/mol. The van der Waals surface area contributed by atoms with Crippen LogP contribution in [-0.2, 0) is 16.1 Å². The predicted octanol–water partition coefficient (Wildman–Crippen LogP) is 3.29. The van der Waals surface area contributed by atoms with Crippen molar-refractivity contribution in [1.82, 2.24) is 4.90 Å². The molecule has 0 aromatic heterocycles. The van der Waals surface area contributed by atoms with E-state index in [1.807, 2.05) is 30.3 Å². The fourth-order valence-electron chi connectivity index (χ4n) is 1.93. The Hall–Kier alpha value is -2.04. The van der Waals surface area contributed by atoms with Crippen LogP contribution in [0.5, 0.6) is 0 Å². The minimum atomic E-state index is -1.03. The monoisotopic (exact) mass is 293 g/mol. The number of hydrogen-bond donors (Lipinski definition) is 1. The molecule has 1 aromatic carbocycles. The Kier molecular flexibility index (Phi) is 5.76. The van der Waals surface area contributed by atoms with Crippen molar-refractivity contribution in [1.29, 1.82) is 0 Å². The van der Waals surface area contributed by atoms with Crippen LogP contribution in [0.3, 0.4) is 0 Å². The van der Waals surface area contributed by atoms with E-state index in [4.69, 9.17) is 4.74 Å². The van der Waals surface area contributed by atoms with E-state index in [0.29, 0.717) is 6.42 Å². The minimum absolute atomic E-state index is 0.209. The summed E-state index contributed by atoms with van der Waals surface area (Å²) in [5, 5.41) is 9.32. The number of ether oxygens (including phenoxy) is 1. The van der Waals surface area contributed by atoms with Crippen LogP contribution in [0.2, 0.25) is 0 Å². The molecule has 0 bridgehead atoms. The molecule has 0 unspecified atom stereocenters. The van der Waals surface area contributed by atoms with Gasteiger partial charge in [0.1, 0.15) is 11.6 Å². The van der Waals surface area contributed by atoms with Crippen LogP contribution >= 0.6 is 0 Å². The zero-order valence-corrected chi connectivity index (χ0v) is 13.0. The molecule has 0 aliphatic heterocycles. The summed E-state index contributed by atoms with van der Waals surface area (Å²) in [5.41, 5.74) is 0.200. The van der Waals surface area contributed by atoms with Gasteiger partial charge in [-0.15, -0.1) is 0 Å². The van der Waals surface area contributed by atoms with Crippen molar-refractivity contribution >= 4 is 12.1 Å². The SMILES string of the molecule is CC[C@@H](C(=O)O)N(Cc1ccccc1)C(=O)OC(C)(C)C. The fourth-order valence-corrected chi connectivity index (χ4v) is 1.93. The Balaban J connectivity index is 2.99. The molecule has 0 aliphatic carbocycles. The number of amides is 1. The average molecular weight is 293 g/mol. The number of carbonyl (C=O) groups excluding carboxylic acids is 1. The number of hydrogen-bond acceptors (Lipinski definition) is 3. The molecule has 0 saturated carbocycles. The lowest BCUT2D eigenvalue weighted by atomic mass is 10.1. The quantitative estimate of drug-likeness (QED) is 0.904. The molecular formula is C16H23NO4. The highest BCUT2D eigenvalue weighted by Gasteiger charge is 2.31. The van der Waals surface area contributed by atoms with Crippen LogP contribution in [0.4, 0.5) is 4.79 Å². The van der Waals surface area contributed by atoms with Crippen molar-refractivity contribution in [3.05, 3.63) is 35.9 Å². The van der Waals surface area contributed by atoms with E-state index in [-0.39, 0.29) is 6.54 Å². The third-order valence-corrected chi connectivity index (χ3v) is 2.87. The number of carbonyl (C=O) groups is 2. The molecule has 0 spiro atoms. The Morgan fingerprint density at radius 3 is 2.24 bits per heavy atom. The Morgan fingerprint density at radius 1 is 1.24 bits per heavy atom. The number of rotatable bonds is 5. The lowest BCUT2D eigenvalue weighted by Crippen LogP contribution is -2.46. The van der Waals surface area contributed by atoms with Gasteiger partial charge in [0, 0.05) is 6.54 Å². The van der Waals surface area contributed by atoms with Gasteiger partial charge in [-0.3, -0.25) is 4.90 Å². The van der Waals surface area contributed by atoms with Crippen molar-refractivity contribution < 1.29 is 19.4 Å². The Labute approximate surface area is 125 Å². The minimum Gasteiger partial charge on any atom is -0.480 e. The van der Waals surface area contributed by atoms with E-state index in [9.17, 15) is 14.7 Å². The summed E-state index contributed by atoms with van der Waals surface area (Å²) in [7, 11) is 0. The maximum atomic E-state index is 12.3. The van der Waals surface area contributed by atoms with Crippen molar-refractivity contribution in [3.63, 3.8) is 0 Å². The van der Waals surface area contributed by atoms with Gasteiger partial charge < -0.3 is 9.84 Å². The standard InChI is InChI=1S/C16H23NO4/c1-5-13(14(18)19)17(15(20)21-16(2,3)4)11-12-9-7-6-8-10-12/h6-10,13H,5,11H2,1-4H3,(H,18,19)/t13-/m0/s1. The van der Waals surface area contributed by atoms with Gasteiger partial charge in [-0.2, -0.15) is 0 Å². The van der Waals surface area contributed by atoms with Crippen LogP contribution < -0.4 is 0 Å². The number of aliphatic carboxylic acids is 1. The van der Waals surface area contributed by atoms with Crippen LogP contribution in [-0.4, -0.2) is 33.7 Å². The smallest absolute Gasteiger partial charge is 0.411 e. The molecule has 0 radical (unpaired) electrons. The first kappa shape index (κ1) is 17.0. The van der Waals surface area contributed by atoms with Gasteiger partial charge in [0.15, 0.2) is 0 Å². The van der Waals surface area contributed by atoms with E-state index in [1.165, 1.54) is 4.90 Å². The van der Waals surface area contributed by atoms with Crippen LogP contribution in [0, 0.1) is 0 Å². The van der Waals surface area contributed by atoms with E-state index >= 15 is 0 Å². The molecule has 1 amide bonds. The topological polar surface area (TPSA) is 66.8 Å². The summed E-state index contributed by atoms with van der Waals surface area (Å²) >= 11 is 0. The zero-order chi connectivity index (χ0) is 16.0. The molecule has 1 aromatic rings. The maximum Gasteiger partial charge on any atom is 0.411 e. The van der Waals surface area contributed by atoms with Gasteiger partial charge in [-0.25, -0.2) is 9.59 Å². The molecule has 21 heavy (non-hydrogen) atoms. The largest absolute Gasteiger partial charge is 0.480 e. The lowest BCUT2D eigenvalue weighted by Gasteiger charge is -2.31. The first-order valence-corrected chi connectivity index (χ1v) is 7.01. The summed E-state index contributed by atoms with van der Waals surface area (Å²) in [6.45, 7) is 7.22. The summed E-state index contributed by atoms with van der Waals surface area (Å²) < 4.78 is 5.33. The van der Waals surface area contributed by atoms with E-state index in [2.05, 4.69) is 0 Å². The van der Waals surface area contributed by atoms with Crippen molar-refractivity contribution in [2.24, 2.45) is 0 Å². The van der Waals surface area contributed by atoms with Gasteiger partial charge in [0.05, 0.1) is 0 Å². The summed E-state index contributed by atoms with van der Waals surface area (Å²) in [6, 6.07) is 8.38. The third kappa shape index (κ3) is 5.45. The van der Waals surface area contributed by atoms with Gasteiger partial charge in [0.2, 0.25) is 0 Å². The molecule has 5 heteroatoms. The normalized spacial score (nSPS) is 12.6. The molecule has 1 atom stereocenters. The molecule has 0 aliphatic rings. The average Bonchev–Trinajstić information content (AvgIpc) is 2.37. The number of carboxylic acid groups (broad SMARTS) is 1. The molecule has 5 nitrogen and oxygen atoms in total. The molecule has 1 N–H and O–H groups in total.